The first-order valence-electron chi connectivity index (χ1n) is 7.14. The van der Waals surface area contributed by atoms with Gasteiger partial charge in [-0.2, -0.15) is 0 Å². The highest BCUT2D eigenvalue weighted by Crippen LogP contribution is 2.10. The quantitative estimate of drug-likeness (QED) is 0.857. The molecule has 20 heavy (non-hydrogen) atoms. The van der Waals surface area contributed by atoms with Crippen molar-refractivity contribution in [1.82, 2.24) is 10.2 Å². The summed E-state index contributed by atoms with van der Waals surface area (Å²) in [5.41, 5.74) is 0.822. The Morgan fingerprint density at radius 3 is 2.60 bits per heavy atom. The number of carbonyl (C=O) groups is 1. The summed E-state index contributed by atoms with van der Waals surface area (Å²) in [5.74, 6) is -0.349. The van der Waals surface area contributed by atoms with Gasteiger partial charge in [-0.05, 0) is 43.2 Å². The molecule has 0 saturated carbocycles. The van der Waals surface area contributed by atoms with Gasteiger partial charge in [0.15, 0.2) is 0 Å². The molecule has 1 aliphatic rings. The van der Waals surface area contributed by atoms with Crippen molar-refractivity contribution < 1.29 is 9.18 Å². The molecule has 3 nitrogen and oxygen atoms in total. The lowest BCUT2D eigenvalue weighted by molar-refractivity contribution is -0.117. The molecule has 1 amide bonds. The van der Waals surface area contributed by atoms with E-state index in [9.17, 15) is 9.18 Å². The molecule has 0 radical (unpaired) electrons. The third kappa shape index (κ3) is 4.46. The first-order valence-corrected chi connectivity index (χ1v) is 7.14. The maximum atomic E-state index is 12.7. The molecular weight excluding hydrogens is 255 g/mol. The molecule has 1 aliphatic heterocycles. The average molecular weight is 276 g/mol. The number of hydrogen-bond donors (Lipinski definition) is 1. The predicted octanol–water partition coefficient (Wildman–Crippen LogP) is 2.44. The SMILES string of the molecule is CCN1CCC(NC(=O)/C=C/c2ccc(F)cc2)CC1. The highest BCUT2D eigenvalue weighted by molar-refractivity contribution is 5.91. The topological polar surface area (TPSA) is 32.3 Å². The molecule has 0 aromatic heterocycles. The number of rotatable bonds is 4. The molecule has 1 aromatic carbocycles. The Hall–Kier alpha value is -1.68. The van der Waals surface area contributed by atoms with Crippen LogP contribution in [0.3, 0.4) is 0 Å². The van der Waals surface area contributed by atoms with Crippen molar-refractivity contribution in [3.8, 4) is 0 Å². The van der Waals surface area contributed by atoms with Crippen molar-refractivity contribution in [2.24, 2.45) is 0 Å². The van der Waals surface area contributed by atoms with E-state index >= 15 is 0 Å². The van der Waals surface area contributed by atoms with Crippen molar-refractivity contribution >= 4 is 12.0 Å². The van der Waals surface area contributed by atoms with Crippen LogP contribution in [0.4, 0.5) is 4.39 Å². The third-order valence-corrected chi connectivity index (χ3v) is 3.68. The number of amides is 1. The molecule has 0 bridgehead atoms. The number of carbonyl (C=O) groups excluding carboxylic acids is 1. The molecule has 1 heterocycles. The van der Waals surface area contributed by atoms with Gasteiger partial charge in [0.1, 0.15) is 5.82 Å². The van der Waals surface area contributed by atoms with Crippen molar-refractivity contribution in [2.75, 3.05) is 19.6 Å². The zero-order chi connectivity index (χ0) is 14.4. The van der Waals surface area contributed by atoms with Crippen LogP contribution >= 0.6 is 0 Å². The van der Waals surface area contributed by atoms with Gasteiger partial charge in [-0.15, -0.1) is 0 Å². The lowest BCUT2D eigenvalue weighted by Gasteiger charge is -2.31. The van der Waals surface area contributed by atoms with E-state index in [2.05, 4.69) is 17.1 Å². The summed E-state index contributed by atoms with van der Waals surface area (Å²) in [6.45, 7) is 5.32. The van der Waals surface area contributed by atoms with Gasteiger partial charge in [0, 0.05) is 25.2 Å². The lowest BCUT2D eigenvalue weighted by atomic mass is 10.1. The summed E-state index contributed by atoms with van der Waals surface area (Å²) in [4.78, 5) is 14.2. The van der Waals surface area contributed by atoms with Crippen LogP contribution in [0.1, 0.15) is 25.3 Å². The predicted molar refractivity (Wildman–Crippen MR) is 78.7 cm³/mol. The van der Waals surface area contributed by atoms with Crippen LogP contribution in [-0.2, 0) is 4.79 Å². The summed E-state index contributed by atoms with van der Waals surface area (Å²) in [5, 5.41) is 3.02. The van der Waals surface area contributed by atoms with Crippen LogP contribution in [0.5, 0.6) is 0 Å². The molecule has 1 aromatic rings. The normalized spacial score (nSPS) is 17.5. The minimum absolute atomic E-state index is 0.0794. The summed E-state index contributed by atoms with van der Waals surface area (Å²) in [7, 11) is 0. The monoisotopic (exact) mass is 276 g/mol. The van der Waals surface area contributed by atoms with E-state index < -0.39 is 0 Å². The summed E-state index contributed by atoms with van der Waals surface area (Å²) < 4.78 is 12.7. The van der Waals surface area contributed by atoms with Gasteiger partial charge in [-0.3, -0.25) is 4.79 Å². The Morgan fingerprint density at radius 1 is 1.35 bits per heavy atom. The van der Waals surface area contributed by atoms with E-state index in [4.69, 9.17) is 0 Å². The van der Waals surface area contributed by atoms with Gasteiger partial charge in [-0.1, -0.05) is 19.1 Å². The fraction of sp³-hybridized carbons (Fsp3) is 0.438. The zero-order valence-corrected chi connectivity index (χ0v) is 11.8. The highest BCUT2D eigenvalue weighted by Gasteiger charge is 2.18. The molecule has 1 N–H and O–H groups in total. The Kier molecular flexibility index (Phi) is 5.30. The molecule has 0 spiro atoms. The van der Waals surface area contributed by atoms with E-state index in [1.165, 1.54) is 18.2 Å². The first-order chi connectivity index (χ1) is 9.67. The van der Waals surface area contributed by atoms with Gasteiger partial charge >= 0.3 is 0 Å². The van der Waals surface area contributed by atoms with Gasteiger partial charge < -0.3 is 10.2 Å². The lowest BCUT2D eigenvalue weighted by Crippen LogP contribution is -2.44. The second-order valence-electron chi connectivity index (χ2n) is 5.10. The van der Waals surface area contributed by atoms with E-state index in [1.54, 1.807) is 18.2 Å². The summed E-state index contributed by atoms with van der Waals surface area (Å²) in [6, 6.07) is 6.34. The Bertz CT molecular complexity index is 462. The van der Waals surface area contributed by atoms with Gasteiger partial charge in [0.25, 0.3) is 0 Å². The molecule has 0 aliphatic carbocycles. The van der Waals surface area contributed by atoms with E-state index in [0.717, 1.165) is 38.0 Å². The number of hydrogen-bond acceptors (Lipinski definition) is 2. The largest absolute Gasteiger partial charge is 0.350 e. The Morgan fingerprint density at radius 2 is 2.00 bits per heavy atom. The smallest absolute Gasteiger partial charge is 0.244 e. The standard InChI is InChI=1S/C16H21FN2O/c1-2-19-11-9-15(10-12-19)18-16(20)8-5-13-3-6-14(17)7-4-13/h3-8,15H,2,9-12H2,1H3,(H,18,20)/b8-5+. The van der Waals surface area contributed by atoms with Crippen molar-refractivity contribution in [2.45, 2.75) is 25.8 Å². The fourth-order valence-electron chi connectivity index (χ4n) is 2.39. The average Bonchev–Trinajstić information content (AvgIpc) is 2.47. The van der Waals surface area contributed by atoms with Gasteiger partial charge in [0.2, 0.25) is 5.91 Å². The third-order valence-electron chi connectivity index (χ3n) is 3.68. The molecule has 0 unspecified atom stereocenters. The highest BCUT2D eigenvalue weighted by atomic mass is 19.1. The van der Waals surface area contributed by atoms with Crippen LogP contribution in [0.25, 0.3) is 6.08 Å². The van der Waals surface area contributed by atoms with Crippen LogP contribution < -0.4 is 5.32 Å². The number of nitrogens with one attached hydrogen (secondary N) is 1. The van der Waals surface area contributed by atoms with Crippen molar-refractivity contribution in [3.05, 3.63) is 41.7 Å². The number of nitrogens with zero attached hydrogens (tertiary/aromatic N) is 1. The van der Waals surface area contributed by atoms with Crippen LogP contribution in [0.2, 0.25) is 0 Å². The maximum Gasteiger partial charge on any atom is 0.244 e. The first kappa shape index (κ1) is 14.7. The van der Waals surface area contributed by atoms with Crippen LogP contribution in [-0.4, -0.2) is 36.5 Å². The fourth-order valence-corrected chi connectivity index (χ4v) is 2.39. The van der Waals surface area contributed by atoms with E-state index in [0.29, 0.717) is 0 Å². The molecule has 1 saturated heterocycles. The Labute approximate surface area is 119 Å². The van der Waals surface area contributed by atoms with Gasteiger partial charge in [0.05, 0.1) is 0 Å². The second-order valence-corrected chi connectivity index (χ2v) is 5.10. The summed E-state index contributed by atoms with van der Waals surface area (Å²) >= 11 is 0. The van der Waals surface area contributed by atoms with Crippen LogP contribution in [0.15, 0.2) is 30.3 Å². The number of halogens is 1. The number of likely N-dealkylation sites (tertiary alicyclic amines) is 1. The maximum absolute atomic E-state index is 12.7. The second kappa shape index (κ2) is 7.20. The Balaban J connectivity index is 1.79. The molecule has 2 rings (SSSR count). The minimum atomic E-state index is -0.269. The van der Waals surface area contributed by atoms with E-state index in [1.807, 2.05) is 0 Å². The minimum Gasteiger partial charge on any atom is -0.350 e. The molecular formula is C16H21FN2O. The van der Waals surface area contributed by atoms with E-state index in [-0.39, 0.29) is 17.8 Å². The zero-order valence-electron chi connectivity index (χ0n) is 11.8. The van der Waals surface area contributed by atoms with Crippen molar-refractivity contribution in [3.63, 3.8) is 0 Å². The number of piperidine rings is 1. The number of benzene rings is 1. The van der Waals surface area contributed by atoms with Gasteiger partial charge in [-0.25, -0.2) is 4.39 Å². The molecule has 0 atom stereocenters. The van der Waals surface area contributed by atoms with Crippen molar-refractivity contribution in [1.29, 1.82) is 0 Å². The molecule has 108 valence electrons. The van der Waals surface area contributed by atoms with Crippen LogP contribution in [0, 0.1) is 5.82 Å². The molecule has 4 heteroatoms. The summed E-state index contributed by atoms with van der Waals surface area (Å²) in [6.07, 6.45) is 5.23. The molecule has 1 fully saturated rings.